The highest BCUT2D eigenvalue weighted by Crippen LogP contribution is 2.30. The Morgan fingerprint density at radius 1 is 1.33 bits per heavy atom. The quantitative estimate of drug-likeness (QED) is 0.784. The number of ether oxygens (including phenoxy) is 1. The number of benzene rings is 1. The third-order valence-electron chi connectivity index (χ3n) is 2.34. The van der Waals surface area contributed by atoms with Gasteiger partial charge in [0.05, 0.1) is 12.1 Å². The number of nitrogens with zero attached hydrogens (tertiary/aromatic N) is 1. The minimum absolute atomic E-state index is 0.838. The Bertz CT molecular complexity index is 337. The summed E-state index contributed by atoms with van der Waals surface area (Å²) in [6.07, 6.45) is 0.892. The Kier molecular flexibility index (Phi) is 4.43. The van der Waals surface area contributed by atoms with Gasteiger partial charge in [0.25, 0.3) is 0 Å². The summed E-state index contributed by atoms with van der Waals surface area (Å²) in [7, 11) is 5.74. The van der Waals surface area contributed by atoms with Crippen LogP contribution in [0.15, 0.2) is 12.1 Å². The van der Waals surface area contributed by atoms with Gasteiger partial charge in [-0.15, -0.1) is 0 Å². The molecule has 0 heterocycles. The molecule has 0 saturated carbocycles. The lowest BCUT2D eigenvalue weighted by Crippen LogP contribution is -2.11. The summed E-state index contributed by atoms with van der Waals surface area (Å²) in [6.45, 7) is 2.94. The normalized spacial score (nSPS) is 10.8. The maximum atomic E-state index is 6.33. The van der Waals surface area contributed by atoms with Crippen LogP contribution in [0.25, 0.3) is 0 Å². The maximum Gasteiger partial charge on any atom is 0.123 e. The fraction of sp³-hybridized carbons (Fsp3) is 0.500. The molecular weight excluding hydrogens is 210 g/mol. The van der Waals surface area contributed by atoms with Crippen molar-refractivity contribution in [2.24, 2.45) is 0 Å². The second kappa shape index (κ2) is 5.38. The highest BCUT2D eigenvalue weighted by molar-refractivity contribution is 6.32. The number of hydrogen-bond acceptors (Lipinski definition) is 2. The first-order valence-electron chi connectivity index (χ1n) is 5.09. The molecule has 0 amide bonds. The fourth-order valence-electron chi connectivity index (χ4n) is 1.64. The Morgan fingerprint density at radius 3 is 2.47 bits per heavy atom. The first kappa shape index (κ1) is 12.3. The summed E-state index contributed by atoms with van der Waals surface area (Å²) >= 11 is 6.33. The topological polar surface area (TPSA) is 12.5 Å². The first-order chi connectivity index (χ1) is 7.10. The van der Waals surface area contributed by atoms with Crippen LogP contribution in [0.3, 0.4) is 0 Å². The van der Waals surface area contributed by atoms with Gasteiger partial charge in [-0.2, -0.15) is 0 Å². The number of hydrogen-bond donors (Lipinski definition) is 0. The molecule has 1 aromatic carbocycles. The van der Waals surface area contributed by atoms with Crippen molar-refractivity contribution in [1.82, 2.24) is 4.90 Å². The second-order valence-corrected chi connectivity index (χ2v) is 4.19. The molecule has 0 aromatic heterocycles. The van der Waals surface area contributed by atoms with Crippen LogP contribution in [0.5, 0.6) is 5.75 Å². The van der Waals surface area contributed by atoms with Crippen molar-refractivity contribution in [3.8, 4) is 5.75 Å². The average molecular weight is 228 g/mol. The van der Waals surface area contributed by atoms with Gasteiger partial charge in [-0.05, 0) is 32.1 Å². The monoisotopic (exact) mass is 227 g/mol. The van der Waals surface area contributed by atoms with Gasteiger partial charge in [-0.1, -0.05) is 24.6 Å². The molecule has 0 aliphatic carbocycles. The molecule has 1 rings (SSSR count). The molecule has 0 radical (unpaired) electrons. The Balaban J connectivity index is 3.11. The third kappa shape index (κ3) is 2.86. The first-order valence-corrected chi connectivity index (χ1v) is 5.46. The van der Waals surface area contributed by atoms with Crippen molar-refractivity contribution in [3.63, 3.8) is 0 Å². The highest BCUT2D eigenvalue weighted by Gasteiger charge is 2.10. The van der Waals surface area contributed by atoms with Crippen molar-refractivity contribution >= 4 is 11.6 Å². The molecule has 0 aliphatic rings. The molecule has 2 nitrogen and oxygen atoms in total. The highest BCUT2D eigenvalue weighted by atomic mass is 35.5. The van der Waals surface area contributed by atoms with E-state index < -0.39 is 0 Å². The summed E-state index contributed by atoms with van der Waals surface area (Å²) < 4.78 is 5.28. The molecule has 15 heavy (non-hydrogen) atoms. The van der Waals surface area contributed by atoms with E-state index >= 15 is 0 Å². The van der Waals surface area contributed by atoms with Crippen LogP contribution in [0.4, 0.5) is 0 Å². The van der Waals surface area contributed by atoms with Crippen LogP contribution in [-0.2, 0) is 13.0 Å². The van der Waals surface area contributed by atoms with Crippen LogP contribution >= 0.6 is 11.6 Å². The molecule has 0 aliphatic heterocycles. The van der Waals surface area contributed by atoms with Crippen molar-refractivity contribution in [2.45, 2.75) is 19.9 Å². The van der Waals surface area contributed by atoms with Gasteiger partial charge in [0.2, 0.25) is 0 Å². The van der Waals surface area contributed by atoms with Crippen molar-refractivity contribution < 1.29 is 4.74 Å². The van der Waals surface area contributed by atoms with Crippen LogP contribution in [0.2, 0.25) is 5.02 Å². The Hall–Kier alpha value is -0.730. The van der Waals surface area contributed by atoms with E-state index in [4.69, 9.17) is 16.3 Å². The lowest BCUT2D eigenvalue weighted by atomic mass is 10.1. The molecule has 0 N–H and O–H groups in total. The van der Waals surface area contributed by atoms with E-state index in [2.05, 4.69) is 11.8 Å². The van der Waals surface area contributed by atoms with Crippen LogP contribution in [-0.4, -0.2) is 26.1 Å². The van der Waals surface area contributed by atoms with E-state index in [0.717, 1.165) is 34.9 Å². The summed E-state index contributed by atoms with van der Waals surface area (Å²) in [4.78, 5) is 2.10. The predicted octanol–water partition coefficient (Wildman–Crippen LogP) is 2.97. The Morgan fingerprint density at radius 2 is 2.00 bits per heavy atom. The van der Waals surface area contributed by atoms with E-state index in [9.17, 15) is 0 Å². The third-order valence-corrected chi connectivity index (χ3v) is 2.81. The summed E-state index contributed by atoms with van der Waals surface area (Å²) in [5.74, 6) is 0.880. The van der Waals surface area contributed by atoms with Crippen molar-refractivity contribution in [3.05, 3.63) is 28.3 Å². The molecule has 0 spiro atoms. The average Bonchev–Trinajstić information content (AvgIpc) is 2.20. The fourth-order valence-corrected chi connectivity index (χ4v) is 1.99. The van der Waals surface area contributed by atoms with Crippen LogP contribution in [0, 0.1) is 0 Å². The minimum Gasteiger partial charge on any atom is -0.496 e. The number of methoxy groups -OCH3 is 1. The van der Waals surface area contributed by atoms with Gasteiger partial charge in [0, 0.05) is 12.1 Å². The SMILES string of the molecule is CCc1c(OC)ccc(CN(C)C)c1Cl. The van der Waals surface area contributed by atoms with Crippen molar-refractivity contribution in [1.29, 1.82) is 0 Å². The summed E-state index contributed by atoms with van der Waals surface area (Å²) in [5.41, 5.74) is 2.25. The molecule has 84 valence electrons. The predicted molar refractivity (Wildman–Crippen MR) is 64.8 cm³/mol. The molecule has 1 aromatic rings. The zero-order valence-electron chi connectivity index (χ0n) is 9.80. The zero-order valence-corrected chi connectivity index (χ0v) is 10.6. The van der Waals surface area contributed by atoms with Crippen molar-refractivity contribution in [2.75, 3.05) is 21.2 Å². The smallest absolute Gasteiger partial charge is 0.123 e. The molecule has 0 fully saturated rings. The van der Waals surface area contributed by atoms with Crippen LogP contribution in [0.1, 0.15) is 18.1 Å². The van der Waals surface area contributed by atoms with Gasteiger partial charge >= 0.3 is 0 Å². The van der Waals surface area contributed by atoms with Gasteiger partial charge in [0.15, 0.2) is 0 Å². The minimum atomic E-state index is 0.838. The molecule has 0 saturated heterocycles. The van der Waals surface area contributed by atoms with Crippen LogP contribution < -0.4 is 4.74 Å². The van der Waals surface area contributed by atoms with Gasteiger partial charge in [-0.25, -0.2) is 0 Å². The largest absolute Gasteiger partial charge is 0.496 e. The summed E-state index contributed by atoms with van der Waals surface area (Å²) in [5, 5.41) is 0.838. The van der Waals surface area contributed by atoms with Gasteiger partial charge in [-0.3, -0.25) is 0 Å². The lowest BCUT2D eigenvalue weighted by Gasteiger charge is -2.15. The van der Waals surface area contributed by atoms with E-state index in [1.165, 1.54) is 0 Å². The standard InChI is InChI=1S/C12H18ClNO/c1-5-10-11(15-4)7-6-9(12(10)13)8-14(2)3/h6-7H,5,8H2,1-4H3. The molecular formula is C12H18ClNO. The Labute approximate surface area is 96.8 Å². The molecule has 0 unspecified atom stereocenters. The molecule has 0 atom stereocenters. The maximum absolute atomic E-state index is 6.33. The number of rotatable bonds is 4. The second-order valence-electron chi connectivity index (χ2n) is 3.81. The molecule has 0 bridgehead atoms. The zero-order chi connectivity index (χ0) is 11.4. The van der Waals surface area contributed by atoms with Gasteiger partial charge in [0.1, 0.15) is 5.75 Å². The van der Waals surface area contributed by atoms with E-state index in [-0.39, 0.29) is 0 Å². The van der Waals surface area contributed by atoms with E-state index in [1.807, 2.05) is 26.2 Å². The number of halogens is 1. The lowest BCUT2D eigenvalue weighted by molar-refractivity contribution is 0.398. The van der Waals surface area contributed by atoms with E-state index in [0.29, 0.717) is 0 Å². The molecule has 3 heteroatoms. The summed E-state index contributed by atoms with van der Waals surface area (Å²) in [6, 6.07) is 4.02. The van der Waals surface area contributed by atoms with Gasteiger partial charge < -0.3 is 9.64 Å². The van der Waals surface area contributed by atoms with E-state index in [1.54, 1.807) is 7.11 Å².